The van der Waals surface area contributed by atoms with Gasteiger partial charge < -0.3 is 9.84 Å². The molecule has 1 aliphatic carbocycles. The number of rotatable bonds is 3. The first kappa shape index (κ1) is 14.1. The second kappa shape index (κ2) is 5.31. The zero-order valence-corrected chi connectivity index (χ0v) is 13.5. The Kier molecular flexibility index (Phi) is 3.26. The number of thiazole rings is 1. The number of aryl methyl sites for hydroxylation is 2. The lowest BCUT2D eigenvalue weighted by molar-refractivity contribution is 0.262. The maximum atomic E-state index is 12.2. The quantitative estimate of drug-likeness (QED) is 0.762. The van der Waals surface area contributed by atoms with Gasteiger partial charge in [-0.2, -0.15) is 0 Å². The zero-order valence-electron chi connectivity index (χ0n) is 12.7. The summed E-state index contributed by atoms with van der Waals surface area (Å²) < 4.78 is 5.32. The Morgan fingerprint density at radius 3 is 2.87 bits per heavy atom. The molecule has 2 N–H and O–H groups in total. The molecule has 2 amide bonds. The SMILES string of the molecule is Cc1ccc2nc(NC(=O)Nc3c(C)noc3C3CC3)sc2n1. The van der Waals surface area contributed by atoms with Gasteiger partial charge in [-0.1, -0.05) is 16.5 Å². The number of urea groups is 1. The van der Waals surface area contributed by atoms with Crippen molar-refractivity contribution < 1.29 is 9.32 Å². The van der Waals surface area contributed by atoms with E-state index in [9.17, 15) is 4.79 Å². The molecule has 1 fully saturated rings. The molecule has 0 radical (unpaired) electrons. The van der Waals surface area contributed by atoms with Crippen LogP contribution in [0.25, 0.3) is 10.3 Å². The summed E-state index contributed by atoms with van der Waals surface area (Å²) >= 11 is 1.35. The van der Waals surface area contributed by atoms with Crippen LogP contribution in [0, 0.1) is 13.8 Å². The summed E-state index contributed by atoms with van der Waals surface area (Å²) in [6, 6.07) is 3.44. The molecule has 0 aliphatic heterocycles. The van der Waals surface area contributed by atoms with Crippen molar-refractivity contribution in [2.45, 2.75) is 32.6 Å². The van der Waals surface area contributed by atoms with Gasteiger partial charge in [0.2, 0.25) is 0 Å². The average Bonchev–Trinajstić information content (AvgIpc) is 3.18. The van der Waals surface area contributed by atoms with Crippen molar-refractivity contribution >= 4 is 38.5 Å². The van der Waals surface area contributed by atoms with Gasteiger partial charge in [0, 0.05) is 11.6 Å². The highest BCUT2D eigenvalue weighted by atomic mass is 32.1. The zero-order chi connectivity index (χ0) is 16.0. The number of aromatic nitrogens is 3. The average molecular weight is 329 g/mol. The minimum atomic E-state index is -0.353. The molecule has 0 aromatic carbocycles. The second-order valence-electron chi connectivity index (χ2n) is 5.66. The number of hydrogen-bond donors (Lipinski definition) is 2. The van der Waals surface area contributed by atoms with Crippen LogP contribution in [0.1, 0.15) is 35.9 Å². The number of nitrogens with zero attached hydrogens (tertiary/aromatic N) is 3. The van der Waals surface area contributed by atoms with Crippen LogP contribution >= 0.6 is 11.3 Å². The van der Waals surface area contributed by atoms with Gasteiger partial charge in [0.05, 0.1) is 0 Å². The van der Waals surface area contributed by atoms with Crippen molar-refractivity contribution in [3.63, 3.8) is 0 Å². The van der Waals surface area contributed by atoms with E-state index in [1.54, 1.807) is 0 Å². The third kappa shape index (κ3) is 2.77. The molecular formula is C15H15N5O2S. The molecule has 7 nitrogen and oxygen atoms in total. The molecule has 4 rings (SSSR count). The summed E-state index contributed by atoms with van der Waals surface area (Å²) in [7, 11) is 0. The molecule has 118 valence electrons. The Labute approximate surface area is 136 Å². The number of fused-ring (bicyclic) bond motifs is 1. The van der Waals surface area contributed by atoms with E-state index < -0.39 is 0 Å². The number of pyridine rings is 1. The van der Waals surface area contributed by atoms with Crippen molar-refractivity contribution in [3.8, 4) is 0 Å². The number of carbonyl (C=O) groups excluding carboxylic acids is 1. The predicted molar refractivity (Wildman–Crippen MR) is 88.0 cm³/mol. The largest absolute Gasteiger partial charge is 0.359 e. The molecule has 0 spiro atoms. The minimum absolute atomic E-state index is 0.353. The topological polar surface area (TPSA) is 92.9 Å². The number of amides is 2. The molecule has 23 heavy (non-hydrogen) atoms. The maximum Gasteiger partial charge on any atom is 0.325 e. The van der Waals surface area contributed by atoms with E-state index in [-0.39, 0.29) is 6.03 Å². The highest BCUT2D eigenvalue weighted by Gasteiger charge is 2.32. The van der Waals surface area contributed by atoms with Crippen molar-refractivity contribution in [1.29, 1.82) is 0 Å². The monoisotopic (exact) mass is 329 g/mol. The van der Waals surface area contributed by atoms with Crippen LogP contribution in [0.3, 0.4) is 0 Å². The van der Waals surface area contributed by atoms with Crippen LogP contribution in [0.15, 0.2) is 16.7 Å². The summed E-state index contributed by atoms with van der Waals surface area (Å²) in [5.41, 5.74) is 3.05. The minimum Gasteiger partial charge on any atom is -0.359 e. The van der Waals surface area contributed by atoms with E-state index in [1.807, 2.05) is 26.0 Å². The van der Waals surface area contributed by atoms with E-state index in [2.05, 4.69) is 25.8 Å². The van der Waals surface area contributed by atoms with Crippen molar-refractivity contribution in [2.75, 3.05) is 10.6 Å². The lowest BCUT2D eigenvalue weighted by Gasteiger charge is -2.05. The Balaban J connectivity index is 1.52. The number of carbonyl (C=O) groups is 1. The summed E-state index contributed by atoms with van der Waals surface area (Å²) in [5.74, 6) is 1.14. The molecular weight excluding hydrogens is 314 g/mol. The lowest BCUT2D eigenvalue weighted by Crippen LogP contribution is -2.20. The summed E-state index contributed by atoms with van der Waals surface area (Å²) in [6.07, 6.45) is 2.15. The Hall–Kier alpha value is -2.48. The van der Waals surface area contributed by atoms with Crippen molar-refractivity contribution in [3.05, 3.63) is 29.3 Å². The first-order chi connectivity index (χ1) is 11.1. The standard InChI is InChI=1S/C15H15N5O2S/c1-7-3-6-10-13(16-7)23-15(17-10)19-14(21)18-11-8(2)20-22-12(11)9-4-5-9/h3,6,9H,4-5H2,1-2H3,(H2,17,18,19,21). The highest BCUT2D eigenvalue weighted by Crippen LogP contribution is 2.44. The maximum absolute atomic E-state index is 12.2. The third-order valence-electron chi connectivity index (χ3n) is 3.69. The van der Waals surface area contributed by atoms with E-state index in [1.165, 1.54) is 11.3 Å². The molecule has 3 heterocycles. The third-order valence-corrected chi connectivity index (χ3v) is 4.57. The van der Waals surface area contributed by atoms with E-state index >= 15 is 0 Å². The molecule has 1 aliphatic rings. The van der Waals surface area contributed by atoms with Gasteiger partial charge in [-0.25, -0.2) is 14.8 Å². The van der Waals surface area contributed by atoms with Crippen LogP contribution < -0.4 is 10.6 Å². The van der Waals surface area contributed by atoms with Gasteiger partial charge in [-0.15, -0.1) is 0 Å². The fourth-order valence-corrected chi connectivity index (χ4v) is 3.25. The number of anilines is 2. The van der Waals surface area contributed by atoms with Gasteiger partial charge >= 0.3 is 6.03 Å². The molecule has 0 bridgehead atoms. The van der Waals surface area contributed by atoms with Gasteiger partial charge in [-0.3, -0.25) is 5.32 Å². The summed E-state index contributed by atoms with van der Waals surface area (Å²) in [5, 5.41) is 10.0. The fourth-order valence-electron chi connectivity index (χ4n) is 2.37. The van der Waals surface area contributed by atoms with Crippen molar-refractivity contribution in [2.24, 2.45) is 0 Å². The molecule has 0 atom stereocenters. The summed E-state index contributed by atoms with van der Waals surface area (Å²) in [6.45, 7) is 3.74. The molecule has 3 aromatic heterocycles. The van der Waals surface area contributed by atoms with E-state index in [0.717, 1.165) is 34.6 Å². The van der Waals surface area contributed by atoms with Crippen LogP contribution in [-0.4, -0.2) is 21.2 Å². The molecule has 3 aromatic rings. The highest BCUT2D eigenvalue weighted by molar-refractivity contribution is 7.21. The molecule has 0 unspecified atom stereocenters. The number of nitrogens with one attached hydrogen (secondary N) is 2. The number of hydrogen-bond acceptors (Lipinski definition) is 6. The Morgan fingerprint density at radius 1 is 1.26 bits per heavy atom. The predicted octanol–water partition coefficient (Wildman–Crippen LogP) is 3.82. The van der Waals surface area contributed by atoms with E-state index in [4.69, 9.17) is 4.52 Å². The Bertz CT molecular complexity index is 897. The lowest BCUT2D eigenvalue weighted by atomic mass is 10.2. The van der Waals surface area contributed by atoms with Crippen molar-refractivity contribution in [1.82, 2.24) is 15.1 Å². The van der Waals surface area contributed by atoms with Crippen LogP contribution in [0.2, 0.25) is 0 Å². The van der Waals surface area contributed by atoms with Gasteiger partial charge in [-0.05, 0) is 38.8 Å². The first-order valence-electron chi connectivity index (χ1n) is 7.38. The molecule has 8 heteroatoms. The second-order valence-corrected chi connectivity index (χ2v) is 6.63. The summed E-state index contributed by atoms with van der Waals surface area (Å²) in [4.78, 5) is 21.8. The van der Waals surface area contributed by atoms with Crippen LogP contribution in [-0.2, 0) is 0 Å². The first-order valence-corrected chi connectivity index (χ1v) is 8.20. The van der Waals surface area contributed by atoms with Crippen LogP contribution in [0.5, 0.6) is 0 Å². The van der Waals surface area contributed by atoms with E-state index in [0.29, 0.717) is 22.4 Å². The van der Waals surface area contributed by atoms with Crippen LogP contribution in [0.4, 0.5) is 15.6 Å². The molecule has 0 saturated heterocycles. The Morgan fingerprint density at radius 2 is 2.09 bits per heavy atom. The fraction of sp³-hybridized carbons (Fsp3) is 0.333. The molecule has 1 saturated carbocycles. The van der Waals surface area contributed by atoms with Gasteiger partial charge in [0.15, 0.2) is 10.9 Å². The smallest absolute Gasteiger partial charge is 0.325 e. The normalized spacial score (nSPS) is 14.2. The van der Waals surface area contributed by atoms with Gasteiger partial charge in [0.25, 0.3) is 0 Å². The van der Waals surface area contributed by atoms with Gasteiger partial charge in [0.1, 0.15) is 21.7 Å².